The van der Waals surface area contributed by atoms with Crippen LogP contribution in [-0.2, 0) is 20.7 Å². The zero-order chi connectivity index (χ0) is 24.9. The summed E-state index contributed by atoms with van der Waals surface area (Å²) >= 11 is 7.46. The van der Waals surface area contributed by atoms with Crippen molar-refractivity contribution in [2.45, 2.75) is 11.2 Å². The third-order valence-corrected chi connectivity index (χ3v) is 8.85. The highest BCUT2D eigenvalue weighted by molar-refractivity contribution is 9.11. The number of benzene rings is 5. The van der Waals surface area contributed by atoms with Gasteiger partial charge >= 0.3 is 0 Å². The Hall–Kier alpha value is -2.76. The fourth-order valence-electron chi connectivity index (χ4n) is 5.76. The quantitative estimate of drug-likeness (QED) is 0.192. The molecule has 0 saturated heterocycles. The van der Waals surface area contributed by atoms with Crippen molar-refractivity contribution in [1.29, 1.82) is 0 Å². The van der Waals surface area contributed by atoms with Crippen molar-refractivity contribution >= 4 is 53.4 Å². The van der Waals surface area contributed by atoms with Gasteiger partial charge in [-0.15, -0.1) is 0 Å². The number of methoxy groups -OCH3 is 2. The molecule has 1 aliphatic rings. The molecule has 0 aliphatic heterocycles. The van der Waals surface area contributed by atoms with Crippen LogP contribution >= 0.6 is 31.9 Å². The SMILES string of the molecule is CO[C@@]1(c2ccc(Br)c3ccccc23)C=C[C@](OC)(c2ccc(Br)c3ccccc23)c2ccccc21. The maximum absolute atomic E-state index is 6.45. The predicted molar refractivity (Wildman–Crippen MR) is 154 cm³/mol. The molecule has 4 heteroatoms. The molecule has 5 aromatic carbocycles. The van der Waals surface area contributed by atoms with Gasteiger partial charge in [0.1, 0.15) is 11.2 Å². The van der Waals surface area contributed by atoms with Crippen LogP contribution < -0.4 is 0 Å². The average Bonchev–Trinajstić information content (AvgIpc) is 2.94. The van der Waals surface area contributed by atoms with Gasteiger partial charge in [0, 0.05) is 34.3 Å². The molecular formula is C32H24Br2O2. The minimum Gasteiger partial charge on any atom is -0.365 e. The van der Waals surface area contributed by atoms with Crippen LogP contribution in [0.15, 0.2) is 118 Å². The van der Waals surface area contributed by atoms with Gasteiger partial charge in [0.2, 0.25) is 0 Å². The van der Waals surface area contributed by atoms with Crippen LogP contribution in [0.3, 0.4) is 0 Å². The first-order chi connectivity index (χ1) is 17.6. The maximum atomic E-state index is 6.45. The van der Waals surface area contributed by atoms with Crippen LogP contribution in [0.1, 0.15) is 22.3 Å². The number of hydrogen-bond donors (Lipinski definition) is 0. The predicted octanol–water partition coefficient (Wildman–Crippen LogP) is 8.87. The zero-order valence-electron chi connectivity index (χ0n) is 20.0. The summed E-state index contributed by atoms with van der Waals surface area (Å²) in [5.41, 5.74) is 2.78. The van der Waals surface area contributed by atoms with Crippen molar-refractivity contribution in [3.05, 3.63) is 140 Å². The molecule has 0 aromatic heterocycles. The second-order valence-corrected chi connectivity index (χ2v) is 10.7. The number of halogens is 2. The molecule has 0 saturated carbocycles. The van der Waals surface area contributed by atoms with Crippen LogP contribution in [0.2, 0.25) is 0 Å². The molecule has 0 N–H and O–H groups in total. The number of fused-ring (bicyclic) bond motifs is 3. The van der Waals surface area contributed by atoms with Crippen molar-refractivity contribution in [2.24, 2.45) is 0 Å². The number of rotatable bonds is 4. The molecular weight excluding hydrogens is 576 g/mol. The van der Waals surface area contributed by atoms with Crippen molar-refractivity contribution in [3.63, 3.8) is 0 Å². The summed E-state index contributed by atoms with van der Waals surface area (Å²) in [7, 11) is 3.57. The van der Waals surface area contributed by atoms with E-state index in [2.05, 4.69) is 141 Å². The van der Waals surface area contributed by atoms with E-state index in [1.807, 2.05) is 0 Å². The van der Waals surface area contributed by atoms with E-state index in [9.17, 15) is 0 Å². The average molecular weight is 600 g/mol. The third-order valence-electron chi connectivity index (χ3n) is 7.47. The fraction of sp³-hybridized carbons (Fsp3) is 0.125. The molecule has 0 amide bonds. The van der Waals surface area contributed by atoms with E-state index in [0.717, 1.165) is 52.7 Å². The van der Waals surface area contributed by atoms with Crippen LogP contribution in [-0.4, -0.2) is 14.2 Å². The molecule has 0 heterocycles. The lowest BCUT2D eigenvalue weighted by Crippen LogP contribution is -2.40. The van der Waals surface area contributed by atoms with Gasteiger partial charge in [-0.05, 0) is 57.0 Å². The smallest absolute Gasteiger partial charge is 0.137 e. The third kappa shape index (κ3) is 3.29. The number of hydrogen-bond acceptors (Lipinski definition) is 2. The lowest BCUT2D eigenvalue weighted by molar-refractivity contribution is 0.0307. The van der Waals surface area contributed by atoms with Crippen molar-refractivity contribution in [1.82, 2.24) is 0 Å². The molecule has 36 heavy (non-hydrogen) atoms. The molecule has 1 aliphatic carbocycles. The van der Waals surface area contributed by atoms with Crippen molar-refractivity contribution in [2.75, 3.05) is 14.2 Å². The Labute approximate surface area is 227 Å². The molecule has 5 aromatic rings. The molecule has 178 valence electrons. The lowest BCUT2D eigenvalue weighted by atomic mass is 9.69. The van der Waals surface area contributed by atoms with Gasteiger partial charge in [-0.2, -0.15) is 0 Å². The molecule has 0 bridgehead atoms. The second kappa shape index (κ2) is 8.97. The molecule has 2 nitrogen and oxygen atoms in total. The van der Waals surface area contributed by atoms with Crippen molar-refractivity contribution < 1.29 is 9.47 Å². The number of ether oxygens (including phenoxy) is 2. The highest BCUT2D eigenvalue weighted by atomic mass is 79.9. The maximum Gasteiger partial charge on any atom is 0.137 e. The summed E-state index contributed by atoms with van der Waals surface area (Å²) in [5.74, 6) is 0. The topological polar surface area (TPSA) is 18.5 Å². The Balaban J connectivity index is 1.68. The molecule has 0 spiro atoms. The Morgan fingerprint density at radius 1 is 0.444 bits per heavy atom. The molecule has 0 fully saturated rings. The summed E-state index contributed by atoms with van der Waals surface area (Å²) < 4.78 is 15.0. The van der Waals surface area contributed by atoms with E-state index in [-0.39, 0.29) is 0 Å². The van der Waals surface area contributed by atoms with Crippen molar-refractivity contribution in [3.8, 4) is 0 Å². The van der Waals surface area contributed by atoms with Crippen LogP contribution in [0, 0.1) is 0 Å². The Kier molecular flexibility index (Phi) is 5.88. The summed E-state index contributed by atoms with van der Waals surface area (Å²) in [4.78, 5) is 0. The Morgan fingerprint density at radius 3 is 1.19 bits per heavy atom. The normalized spacial score (nSPS) is 21.1. The summed E-state index contributed by atoms with van der Waals surface area (Å²) in [6, 6.07) is 33.9. The molecule has 2 atom stereocenters. The Bertz CT molecular complexity index is 1540. The van der Waals surface area contributed by atoms with E-state index in [4.69, 9.17) is 9.47 Å². The van der Waals surface area contributed by atoms with Gasteiger partial charge in [0.25, 0.3) is 0 Å². The van der Waals surface area contributed by atoms with E-state index in [0.29, 0.717) is 0 Å². The van der Waals surface area contributed by atoms with Crippen LogP contribution in [0.25, 0.3) is 21.5 Å². The minimum atomic E-state index is -0.774. The van der Waals surface area contributed by atoms with E-state index in [1.165, 1.54) is 0 Å². The van der Waals surface area contributed by atoms with Gasteiger partial charge in [-0.1, -0.05) is 117 Å². The minimum absolute atomic E-state index is 0.774. The van der Waals surface area contributed by atoms with Crippen LogP contribution in [0.4, 0.5) is 0 Å². The molecule has 0 unspecified atom stereocenters. The zero-order valence-corrected chi connectivity index (χ0v) is 23.1. The highest BCUT2D eigenvalue weighted by Crippen LogP contribution is 2.51. The summed E-state index contributed by atoms with van der Waals surface area (Å²) in [5, 5.41) is 4.60. The molecule has 6 rings (SSSR count). The van der Waals surface area contributed by atoms with Crippen LogP contribution in [0.5, 0.6) is 0 Å². The first kappa shape index (κ1) is 23.6. The fourth-order valence-corrected chi connectivity index (χ4v) is 6.72. The van der Waals surface area contributed by atoms with Gasteiger partial charge in [0.15, 0.2) is 0 Å². The first-order valence-corrected chi connectivity index (χ1v) is 13.4. The summed E-state index contributed by atoms with van der Waals surface area (Å²) in [6.45, 7) is 0. The summed E-state index contributed by atoms with van der Waals surface area (Å²) in [6.07, 6.45) is 4.34. The Morgan fingerprint density at radius 2 is 0.806 bits per heavy atom. The standard InChI is InChI=1S/C32H24Br2O2/c1-35-31(25-15-17-29(33)23-11-5-3-9-21(23)25)19-20-32(36-2,28-14-8-7-13-27(28)31)26-16-18-30(34)24-12-6-4-10-22(24)26/h3-20H,1-2H3/t31-,32+. The van der Waals surface area contributed by atoms with Gasteiger partial charge in [-0.3, -0.25) is 0 Å². The van der Waals surface area contributed by atoms with Gasteiger partial charge in [-0.25, -0.2) is 0 Å². The van der Waals surface area contributed by atoms with E-state index < -0.39 is 11.2 Å². The first-order valence-electron chi connectivity index (χ1n) is 11.8. The van der Waals surface area contributed by atoms with E-state index in [1.54, 1.807) is 14.2 Å². The second-order valence-electron chi connectivity index (χ2n) is 9.04. The largest absolute Gasteiger partial charge is 0.365 e. The van der Waals surface area contributed by atoms with E-state index >= 15 is 0 Å². The van der Waals surface area contributed by atoms with Gasteiger partial charge in [0.05, 0.1) is 0 Å². The monoisotopic (exact) mass is 598 g/mol. The highest BCUT2D eigenvalue weighted by Gasteiger charge is 2.46. The molecule has 0 radical (unpaired) electrons. The lowest BCUT2D eigenvalue weighted by Gasteiger charge is -2.43. The van der Waals surface area contributed by atoms with Gasteiger partial charge < -0.3 is 9.47 Å².